The fraction of sp³-hybridized carbons (Fsp3) is 0.630. The molecule has 2 atom stereocenters. The summed E-state index contributed by atoms with van der Waals surface area (Å²) >= 11 is 0. The maximum atomic E-state index is 14.8. The summed E-state index contributed by atoms with van der Waals surface area (Å²) < 4.78 is 50.1. The quantitative estimate of drug-likeness (QED) is 0.503. The highest BCUT2D eigenvalue weighted by Gasteiger charge is 2.44. The summed E-state index contributed by atoms with van der Waals surface area (Å²) in [4.78, 5) is 11.8. The van der Waals surface area contributed by atoms with Crippen LogP contribution >= 0.6 is 0 Å². The molecule has 1 aliphatic heterocycles. The van der Waals surface area contributed by atoms with Gasteiger partial charge in [0.15, 0.2) is 0 Å². The molecule has 38 heavy (non-hydrogen) atoms. The maximum absolute atomic E-state index is 14.8. The number of ether oxygens (including phenoxy) is 1. The lowest BCUT2D eigenvalue weighted by Gasteiger charge is -2.29. The van der Waals surface area contributed by atoms with Crippen molar-refractivity contribution in [3.63, 3.8) is 0 Å². The summed E-state index contributed by atoms with van der Waals surface area (Å²) in [5, 5.41) is 11.0. The van der Waals surface area contributed by atoms with E-state index in [1.54, 1.807) is 26.8 Å². The van der Waals surface area contributed by atoms with Gasteiger partial charge in [0.05, 0.1) is 11.2 Å². The van der Waals surface area contributed by atoms with Gasteiger partial charge in [-0.15, -0.1) is 0 Å². The standard InChI is InChI=1S/C27H40FN5O4S/c1-16(2)29-25(34)37-18-10-9-17(13-18)22-14-23(33(31-22)27(6,7)8)30-21-12-11-20(28)24-19(21)15-32(26(3,4)5)38(24,35)36/h11-12,14,16-18,30H,9-10,13,15H2,1-8H3,(H,29,34)/t17-,18+/m0/s1. The second-order valence-electron chi connectivity index (χ2n) is 12.6. The average Bonchev–Trinajstić information content (AvgIpc) is 3.44. The second kappa shape index (κ2) is 9.82. The molecule has 0 unspecified atom stereocenters. The number of carbonyl (C=O) groups excluding carboxylic acids is 1. The van der Waals surface area contributed by atoms with Gasteiger partial charge >= 0.3 is 6.09 Å². The molecule has 2 aromatic rings. The number of rotatable bonds is 5. The van der Waals surface area contributed by atoms with Crippen LogP contribution in [-0.2, 0) is 26.8 Å². The molecule has 2 heterocycles. The minimum absolute atomic E-state index is 0.00851. The number of nitrogens with zero attached hydrogens (tertiary/aromatic N) is 3. The molecule has 0 spiro atoms. The number of nitrogens with one attached hydrogen (secondary N) is 2. The van der Waals surface area contributed by atoms with Crippen molar-refractivity contribution in [3.8, 4) is 0 Å². The van der Waals surface area contributed by atoms with Gasteiger partial charge < -0.3 is 15.4 Å². The van der Waals surface area contributed by atoms with Gasteiger partial charge in [0.1, 0.15) is 22.6 Å². The Morgan fingerprint density at radius 1 is 1.13 bits per heavy atom. The molecule has 1 fully saturated rings. The highest BCUT2D eigenvalue weighted by Crippen LogP contribution is 2.42. The number of amides is 1. The van der Waals surface area contributed by atoms with E-state index in [9.17, 15) is 17.6 Å². The first-order valence-corrected chi connectivity index (χ1v) is 14.6. The van der Waals surface area contributed by atoms with E-state index in [-0.39, 0.29) is 35.0 Å². The van der Waals surface area contributed by atoms with Crippen LogP contribution in [0.15, 0.2) is 23.1 Å². The first-order valence-electron chi connectivity index (χ1n) is 13.2. The van der Waals surface area contributed by atoms with E-state index < -0.39 is 27.5 Å². The van der Waals surface area contributed by atoms with E-state index in [2.05, 4.69) is 10.6 Å². The molecule has 11 heteroatoms. The first kappa shape index (κ1) is 28.4. The molecular formula is C27H40FN5O4S. The normalized spacial score (nSPS) is 21.5. The topological polar surface area (TPSA) is 106 Å². The number of halogens is 1. The van der Waals surface area contributed by atoms with E-state index in [1.807, 2.05) is 45.4 Å². The van der Waals surface area contributed by atoms with Gasteiger partial charge in [-0.3, -0.25) is 0 Å². The van der Waals surface area contributed by atoms with Crippen molar-refractivity contribution < 1.29 is 22.3 Å². The molecule has 9 nitrogen and oxygen atoms in total. The number of anilines is 2. The number of fused-ring (bicyclic) bond motifs is 1. The average molecular weight is 550 g/mol. The SMILES string of the molecule is CC(C)NC(=O)O[C@@H]1CC[C@H](c2cc(Nc3ccc(F)c4c3CN(C(C)(C)C)S4(=O)=O)n(C(C)(C)C)n2)C1. The fourth-order valence-electron chi connectivity index (χ4n) is 5.16. The Morgan fingerprint density at radius 2 is 1.82 bits per heavy atom. The number of aromatic nitrogens is 2. The van der Waals surface area contributed by atoms with Crippen LogP contribution in [-0.4, -0.2) is 46.3 Å². The van der Waals surface area contributed by atoms with Gasteiger partial charge in [0.2, 0.25) is 10.0 Å². The monoisotopic (exact) mass is 549 g/mol. The van der Waals surface area contributed by atoms with Crippen molar-refractivity contribution >= 4 is 27.6 Å². The summed E-state index contributed by atoms with van der Waals surface area (Å²) in [6.45, 7) is 15.4. The number of hydrogen-bond donors (Lipinski definition) is 2. The zero-order chi connectivity index (χ0) is 28.2. The van der Waals surface area contributed by atoms with Crippen LogP contribution in [0.4, 0.5) is 20.7 Å². The van der Waals surface area contributed by atoms with Crippen LogP contribution < -0.4 is 10.6 Å². The Kier molecular flexibility index (Phi) is 7.33. The van der Waals surface area contributed by atoms with Gasteiger partial charge in [0.25, 0.3) is 0 Å². The van der Waals surface area contributed by atoms with Crippen molar-refractivity contribution in [3.05, 3.63) is 35.3 Å². The van der Waals surface area contributed by atoms with E-state index in [0.29, 0.717) is 23.5 Å². The molecule has 1 amide bonds. The molecule has 0 bridgehead atoms. The lowest BCUT2D eigenvalue weighted by molar-refractivity contribution is 0.0981. The molecule has 0 radical (unpaired) electrons. The van der Waals surface area contributed by atoms with Crippen molar-refractivity contribution in [1.29, 1.82) is 0 Å². The van der Waals surface area contributed by atoms with Gasteiger partial charge in [0, 0.05) is 41.4 Å². The number of carbonyl (C=O) groups is 1. The van der Waals surface area contributed by atoms with Crippen molar-refractivity contribution in [2.45, 2.75) is 115 Å². The molecule has 2 aliphatic rings. The summed E-state index contributed by atoms with van der Waals surface area (Å²) in [5.41, 5.74) is 0.745. The predicted molar refractivity (Wildman–Crippen MR) is 145 cm³/mol. The maximum Gasteiger partial charge on any atom is 0.407 e. The van der Waals surface area contributed by atoms with Crippen LogP contribution in [0.25, 0.3) is 0 Å². The molecule has 1 aliphatic carbocycles. The van der Waals surface area contributed by atoms with E-state index in [1.165, 1.54) is 10.4 Å². The largest absolute Gasteiger partial charge is 0.446 e. The highest BCUT2D eigenvalue weighted by molar-refractivity contribution is 7.89. The zero-order valence-corrected chi connectivity index (χ0v) is 24.4. The molecular weight excluding hydrogens is 509 g/mol. The van der Waals surface area contributed by atoms with Gasteiger partial charge in [-0.1, -0.05) is 0 Å². The van der Waals surface area contributed by atoms with Crippen LogP contribution in [0.3, 0.4) is 0 Å². The van der Waals surface area contributed by atoms with E-state index >= 15 is 0 Å². The van der Waals surface area contributed by atoms with Crippen LogP contribution in [0.1, 0.15) is 91.8 Å². The highest BCUT2D eigenvalue weighted by atomic mass is 32.2. The zero-order valence-electron chi connectivity index (χ0n) is 23.6. The summed E-state index contributed by atoms with van der Waals surface area (Å²) in [7, 11) is -3.97. The third-order valence-corrected chi connectivity index (χ3v) is 9.13. The Labute approximate surface area is 225 Å². The number of benzene rings is 1. The molecule has 1 aromatic heterocycles. The third-order valence-electron chi connectivity index (χ3n) is 6.92. The van der Waals surface area contributed by atoms with Gasteiger partial charge in [-0.25, -0.2) is 22.3 Å². The summed E-state index contributed by atoms with van der Waals surface area (Å²) in [5.74, 6) is 0.0577. The molecule has 210 valence electrons. The summed E-state index contributed by atoms with van der Waals surface area (Å²) in [6, 6.07) is 4.76. The number of alkyl carbamates (subject to hydrolysis) is 1. The van der Waals surface area contributed by atoms with E-state index in [0.717, 1.165) is 18.5 Å². The van der Waals surface area contributed by atoms with Gasteiger partial charge in [-0.2, -0.15) is 9.40 Å². The summed E-state index contributed by atoms with van der Waals surface area (Å²) in [6.07, 6.45) is 1.69. The Morgan fingerprint density at radius 3 is 2.42 bits per heavy atom. The first-order chi connectivity index (χ1) is 17.5. The second-order valence-corrected chi connectivity index (χ2v) is 14.4. The van der Waals surface area contributed by atoms with Crippen LogP contribution in [0.5, 0.6) is 0 Å². The number of sulfonamides is 1. The van der Waals surface area contributed by atoms with E-state index in [4.69, 9.17) is 9.84 Å². The minimum atomic E-state index is -3.97. The van der Waals surface area contributed by atoms with Crippen LogP contribution in [0, 0.1) is 5.82 Å². The lowest BCUT2D eigenvalue weighted by Crippen LogP contribution is -2.41. The smallest absolute Gasteiger partial charge is 0.407 e. The molecule has 4 rings (SSSR count). The molecule has 1 aromatic carbocycles. The Balaban J connectivity index is 1.63. The molecule has 0 saturated heterocycles. The third kappa shape index (κ3) is 5.54. The van der Waals surface area contributed by atoms with Crippen molar-refractivity contribution in [2.75, 3.05) is 5.32 Å². The number of hydrogen-bond acceptors (Lipinski definition) is 6. The molecule has 2 N–H and O–H groups in total. The molecule has 1 saturated carbocycles. The van der Waals surface area contributed by atoms with Gasteiger partial charge in [-0.05, 0) is 86.8 Å². The Hall–Kier alpha value is -2.66. The lowest BCUT2D eigenvalue weighted by atomic mass is 10.0. The van der Waals surface area contributed by atoms with Crippen LogP contribution in [0.2, 0.25) is 0 Å². The predicted octanol–water partition coefficient (Wildman–Crippen LogP) is 5.59. The fourth-order valence-corrected chi connectivity index (χ4v) is 7.20. The van der Waals surface area contributed by atoms with Crippen molar-refractivity contribution in [2.24, 2.45) is 0 Å². The Bertz CT molecular complexity index is 1320. The minimum Gasteiger partial charge on any atom is -0.446 e. The van der Waals surface area contributed by atoms with Crippen molar-refractivity contribution in [1.82, 2.24) is 19.4 Å².